The van der Waals surface area contributed by atoms with E-state index in [2.05, 4.69) is 36.2 Å². The van der Waals surface area contributed by atoms with Gasteiger partial charge in [-0.2, -0.15) is 5.10 Å². The molecule has 1 aromatic heterocycles. The Morgan fingerprint density at radius 2 is 2.00 bits per heavy atom. The molecular formula is C17H32N4. The van der Waals surface area contributed by atoms with Crippen molar-refractivity contribution in [2.24, 2.45) is 11.8 Å². The lowest BCUT2D eigenvalue weighted by atomic mass is 9.84. The number of hydrogen-bond donors (Lipinski definition) is 2. The second-order valence-corrected chi connectivity index (χ2v) is 6.56. The highest BCUT2D eigenvalue weighted by molar-refractivity contribution is 5.02. The van der Waals surface area contributed by atoms with Crippen LogP contribution in [0.15, 0.2) is 12.3 Å². The molecule has 1 atom stereocenters. The molecule has 1 aliphatic carbocycles. The highest BCUT2D eigenvalue weighted by Gasteiger charge is 2.19. The highest BCUT2D eigenvalue weighted by atomic mass is 15.3. The monoisotopic (exact) mass is 292 g/mol. The van der Waals surface area contributed by atoms with Crippen LogP contribution in [0.4, 0.5) is 0 Å². The Bertz CT molecular complexity index is 391. The summed E-state index contributed by atoms with van der Waals surface area (Å²) >= 11 is 0. The first kappa shape index (κ1) is 16.5. The maximum atomic E-state index is 5.77. The van der Waals surface area contributed by atoms with Gasteiger partial charge in [-0.15, -0.1) is 0 Å². The molecule has 1 heterocycles. The fourth-order valence-corrected chi connectivity index (χ4v) is 3.64. The van der Waals surface area contributed by atoms with Gasteiger partial charge in [-0.25, -0.2) is 0 Å². The van der Waals surface area contributed by atoms with E-state index < -0.39 is 0 Å². The van der Waals surface area contributed by atoms with Crippen LogP contribution in [0.5, 0.6) is 0 Å². The lowest BCUT2D eigenvalue weighted by Crippen LogP contribution is -2.38. The Kier molecular flexibility index (Phi) is 6.71. The van der Waals surface area contributed by atoms with Crippen LogP contribution in [0.25, 0.3) is 0 Å². The SMILES string of the molecule is CCC(CC)n1ccc(CC(CC2CCCCC2)NN)n1. The molecule has 1 fully saturated rings. The van der Waals surface area contributed by atoms with Crippen LogP contribution < -0.4 is 11.3 Å². The normalized spacial score (nSPS) is 18.3. The molecule has 4 heteroatoms. The van der Waals surface area contributed by atoms with E-state index in [0.29, 0.717) is 12.1 Å². The van der Waals surface area contributed by atoms with Crippen molar-refractivity contribution >= 4 is 0 Å². The summed E-state index contributed by atoms with van der Waals surface area (Å²) in [6.45, 7) is 4.45. The molecule has 0 saturated heterocycles. The van der Waals surface area contributed by atoms with Crippen LogP contribution in [-0.4, -0.2) is 15.8 Å². The Balaban J connectivity index is 1.88. The summed E-state index contributed by atoms with van der Waals surface area (Å²) in [4.78, 5) is 0. The van der Waals surface area contributed by atoms with Crippen LogP contribution in [0.3, 0.4) is 0 Å². The van der Waals surface area contributed by atoms with Gasteiger partial charge in [-0.1, -0.05) is 46.0 Å². The Morgan fingerprint density at radius 3 is 2.62 bits per heavy atom. The molecule has 0 amide bonds. The van der Waals surface area contributed by atoms with Crippen molar-refractivity contribution in [3.8, 4) is 0 Å². The maximum absolute atomic E-state index is 5.77. The van der Waals surface area contributed by atoms with Gasteiger partial charge in [0.1, 0.15) is 0 Å². The molecule has 0 bridgehead atoms. The van der Waals surface area contributed by atoms with E-state index >= 15 is 0 Å². The minimum atomic E-state index is 0.359. The maximum Gasteiger partial charge on any atom is 0.0640 e. The van der Waals surface area contributed by atoms with E-state index in [9.17, 15) is 0 Å². The van der Waals surface area contributed by atoms with E-state index in [4.69, 9.17) is 10.9 Å². The predicted molar refractivity (Wildman–Crippen MR) is 87.9 cm³/mol. The van der Waals surface area contributed by atoms with Crippen molar-refractivity contribution in [3.63, 3.8) is 0 Å². The first-order valence-electron chi connectivity index (χ1n) is 8.76. The number of hydrazine groups is 1. The van der Waals surface area contributed by atoms with Crippen LogP contribution in [-0.2, 0) is 6.42 Å². The third-order valence-corrected chi connectivity index (χ3v) is 5.01. The van der Waals surface area contributed by atoms with Crippen molar-refractivity contribution in [1.82, 2.24) is 15.2 Å². The molecule has 120 valence electrons. The fraction of sp³-hybridized carbons (Fsp3) is 0.824. The summed E-state index contributed by atoms with van der Waals surface area (Å²) in [5, 5.41) is 4.75. The number of nitrogens with two attached hydrogens (primary N) is 1. The van der Waals surface area contributed by atoms with Crippen LogP contribution in [0.1, 0.15) is 76.9 Å². The molecule has 1 aliphatic rings. The summed E-state index contributed by atoms with van der Waals surface area (Å²) in [5.74, 6) is 6.62. The molecule has 0 radical (unpaired) electrons. The largest absolute Gasteiger partial charge is 0.271 e. The Hall–Kier alpha value is -0.870. The third kappa shape index (κ3) is 4.82. The third-order valence-electron chi connectivity index (χ3n) is 5.01. The molecule has 4 nitrogen and oxygen atoms in total. The summed E-state index contributed by atoms with van der Waals surface area (Å²) in [6.07, 6.45) is 13.5. The predicted octanol–water partition coefficient (Wildman–Crippen LogP) is 3.59. The lowest BCUT2D eigenvalue weighted by Gasteiger charge is -2.25. The van der Waals surface area contributed by atoms with Gasteiger partial charge in [0.05, 0.1) is 11.7 Å². The molecule has 1 aromatic rings. The highest BCUT2D eigenvalue weighted by Crippen LogP contribution is 2.28. The van der Waals surface area contributed by atoms with E-state index in [-0.39, 0.29) is 0 Å². The summed E-state index contributed by atoms with van der Waals surface area (Å²) in [5.41, 5.74) is 4.18. The summed E-state index contributed by atoms with van der Waals surface area (Å²) < 4.78 is 2.13. The van der Waals surface area contributed by atoms with Crippen LogP contribution >= 0.6 is 0 Å². The fourth-order valence-electron chi connectivity index (χ4n) is 3.64. The number of hydrogen-bond acceptors (Lipinski definition) is 3. The van der Waals surface area contributed by atoms with E-state index in [1.54, 1.807) is 0 Å². The van der Waals surface area contributed by atoms with Gasteiger partial charge in [0.25, 0.3) is 0 Å². The van der Waals surface area contributed by atoms with Crippen molar-refractivity contribution in [1.29, 1.82) is 0 Å². The quantitative estimate of drug-likeness (QED) is 0.568. The zero-order chi connectivity index (χ0) is 15.1. The van der Waals surface area contributed by atoms with Gasteiger partial charge in [-0.3, -0.25) is 16.0 Å². The summed E-state index contributed by atoms with van der Waals surface area (Å²) in [7, 11) is 0. The second-order valence-electron chi connectivity index (χ2n) is 6.56. The molecule has 21 heavy (non-hydrogen) atoms. The van der Waals surface area contributed by atoms with Gasteiger partial charge in [0.15, 0.2) is 0 Å². The molecule has 3 N–H and O–H groups in total. The molecule has 0 aliphatic heterocycles. The van der Waals surface area contributed by atoms with E-state index in [0.717, 1.165) is 25.2 Å². The van der Waals surface area contributed by atoms with Crippen molar-refractivity contribution in [3.05, 3.63) is 18.0 Å². The molecule has 1 unspecified atom stereocenters. The zero-order valence-electron chi connectivity index (χ0n) is 13.7. The van der Waals surface area contributed by atoms with Crippen molar-refractivity contribution < 1.29 is 0 Å². The van der Waals surface area contributed by atoms with E-state index in [1.807, 2.05) is 0 Å². The first-order chi connectivity index (χ1) is 10.3. The van der Waals surface area contributed by atoms with Crippen molar-refractivity contribution in [2.45, 2.75) is 83.7 Å². The molecular weight excluding hydrogens is 260 g/mol. The number of nitrogens with zero attached hydrogens (tertiary/aromatic N) is 2. The number of aromatic nitrogens is 2. The van der Waals surface area contributed by atoms with Gasteiger partial charge >= 0.3 is 0 Å². The Morgan fingerprint density at radius 1 is 1.29 bits per heavy atom. The first-order valence-corrected chi connectivity index (χ1v) is 8.76. The summed E-state index contributed by atoms with van der Waals surface area (Å²) in [6, 6.07) is 3.04. The van der Waals surface area contributed by atoms with Gasteiger partial charge in [0.2, 0.25) is 0 Å². The minimum absolute atomic E-state index is 0.359. The molecule has 2 rings (SSSR count). The average Bonchev–Trinajstić information content (AvgIpc) is 2.97. The van der Waals surface area contributed by atoms with Crippen LogP contribution in [0.2, 0.25) is 0 Å². The average molecular weight is 292 g/mol. The topological polar surface area (TPSA) is 55.9 Å². The van der Waals surface area contributed by atoms with Gasteiger partial charge in [0, 0.05) is 18.7 Å². The van der Waals surface area contributed by atoms with Gasteiger partial charge in [-0.05, 0) is 31.2 Å². The second kappa shape index (κ2) is 8.54. The van der Waals surface area contributed by atoms with Crippen LogP contribution in [0, 0.1) is 5.92 Å². The van der Waals surface area contributed by atoms with Crippen molar-refractivity contribution in [2.75, 3.05) is 0 Å². The smallest absolute Gasteiger partial charge is 0.0640 e. The molecule has 0 spiro atoms. The lowest BCUT2D eigenvalue weighted by molar-refractivity contribution is 0.296. The van der Waals surface area contributed by atoms with Gasteiger partial charge < -0.3 is 0 Å². The molecule has 1 saturated carbocycles. The zero-order valence-corrected chi connectivity index (χ0v) is 13.7. The number of nitrogens with one attached hydrogen (secondary N) is 1. The van der Waals surface area contributed by atoms with E-state index in [1.165, 1.54) is 44.2 Å². The number of rotatable bonds is 8. The molecule has 0 aromatic carbocycles. The Labute approximate surface area is 129 Å². The standard InChI is InChI=1S/C17H32N4/c1-3-17(4-2)21-11-10-15(20-21)13-16(19-18)12-14-8-6-5-7-9-14/h10-11,14,16-17,19H,3-9,12-13,18H2,1-2H3. The minimum Gasteiger partial charge on any atom is -0.271 e.